The van der Waals surface area contributed by atoms with Crippen LogP contribution in [0.15, 0.2) is 48.8 Å². The van der Waals surface area contributed by atoms with E-state index in [1.807, 2.05) is 6.07 Å². The molecule has 0 bridgehead atoms. The van der Waals surface area contributed by atoms with Crippen LogP contribution in [0.2, 0.25) is 5.02 Å². The van der Waals surface area contributed by atoms with Crippen LogP contribution in [0.1, 0.15) is 5.56 Å². The van der Waals surface area contributed by atoms with Crippen LogP contribution in [-0.4, -0.2) is 19.9 Å². The lowest BCUT2D eigenvalue weighted by Crippen LogP contribution is -1.97. The molecular formula is C18H10ClFN6. The number of aromatic amines is 1. The van der Waals surface area contributed by atoms with Crippen molar-refractivity contribution in [3.63, 3.8) is 0 Å². The van der Waals surface area contributed by atoms with Crippen molar-refractivity contribution in [2.45, 2.75) is 0 Å². The van der Waals surface area contributed by atoms with Gasteiger partial charge in [-0.15, -0.1) is 0 Å². The van der Waals surface area contributed by atoms with Crippen molar-refractivity contribution in [2.24, 2.45) is 0 Å². The van der Waals surface area contributed by atoms with Gasteiger partial charge in [0.15, 0.2) is 5.82 Å². The third-order valence-electron chi connectivity index (χ3n) is 3.74. The van der Waals surface area contributed by atoms with E-state index < -0.39 is 5.82 Å². The van der Waals surface area contributed by atoms with Crippen LogP contribution in [0.25, 0.3) is 22.4 Å². The summed E-state index contributed by atoms with van der Waals surface area (Å²) < 4.78 is 14.2. The Morgan fingerprint density at radius 2 is 2.04 bits per heavy atom. The van der Waals surface area contributed by atoms with E-state index >= 15 is 0 Å². The summed E-state index contributed by atoms with van der Waals surface area (Å²) in [6, 6.07) is 11.5. The maximum Gasteiger partial charge on any atom is 0.157 e. The van der Waals surface area contributed by atoms with Crippen molar-refractivity contribution in [3.8, 4) is 17.5 Å². The van der Waals surface area contributed by atoms with Gasteiger partial charge < -0.3 is 10.3 Å². The quantitative estimate of drug-likeness (QED) is 0.561. The molecule has 0 amide bonds. The largest absolute Gasteiger partial charge is 0.335 e. The van der Waals surface area contributed by atoms with Crippen molar-refractivity contribution < 1.29 is 4.39 Å². The van der Waals surface area contributed by atoms with E-state index in [2.05, 4.69) is 25.3 Å². The van der Waals surface area contributed by atoms with Gasteiger partial charge >= 0.3 is 0 Å². The molecule has 0 aliphatic carbocycles. The van der Waals surface area contributed by atoms with Gasteiger partial charge in [-0.1, -0.05) is 17.7 Å². The van der Waals surface area contributed by atoms with E-state index in [1.54, 1.807) is 30.5 Å². The number of pyridine rings is 2. The van der Waals surface area contributed by atoms with E-state index in [0.29, 0.717) is 34.1 Å². The van der Waals surface area contributed by atoms with Gasteiger partial charge in [0.2, 0.25) is 0 Å². The lowest BCUT2D eigenvalue weighted by Gasteiger charge is -2.05. The molecule has 2 N–H and O–H groups in total. The van der Waals surface area contributed by atoms with Crippen LogP contribution in [0.5, 0.6) is 0 Å². The van der Waals surface area contributed by atoms with E-state index in [-0.39, 0.29) is 10.6 Å². The highest BCUT2D eigenvalue weighted by Crippen LogP contribution is 2.31. The number of hydrogen-bond acceptors (Lipinski definition) is 5. The van der Waals surface area contributed by atoms with Crippen molar-refractivity contribution in [2.75, 3.05) is 5.32 Å². The number of halogens is 2. The maximum atomic E-state index is 14.2. The molecule has 4 aromatic rings. The minimum absolute atomic E-state index is 0.202. The van der Waals surface area contributed by atoms with Crippen LogP contribution in [0.3, 0.4) is 0 Å². The Morgan fingerprint density at radius 3 is 2.77 bits per heavy atom. The van der Waals surface area contributed by atoms with Crippen molar-refractivity contribution >= 4 is 34.3 Å². The number of nitrogens with one attached hydrogen (secondary N) is 2. The minimum atomic E-state index is -0.465. The molecule has 0 atom stereocenters. The fourth-order valence-electron chi connectivity index (χ4n) is 2.53. The first-order chi connectivity index (χ1) is 12.7. The van der Waals surface area contributed by atoms with E-state index in [0.717, 1.165) is 0 Å². The number of benzene rings is 1. The highest BCUT2D eigenvalue weighted by Gasteiger charge is 2.16. The molecule has 0 fully saturated rings. The standard InChI is InChI=1S/C18H10ClFN6/c19-11-2-1-3-12(20)15(11)17-24-13-6-7-22-18(16(13)26-17)25-14-5-4-10(8-21)9-23-14/h1-7,9H,(H,24,26)(H,22,23,25). The van der Waals surface area contributed by atoms with E-state index in [1.165, 1.54) is 18.3 Å². The molecule has 0 saturated carbocycles. The molecule has 6 nitrogen and oxygen atoms in total. The minimum Gasteiger partial charge on any atom is -0.335 e. The van der Waals surface area contributed by atoms with Gasteiger partial charge in [-0.25, -0.2) is 19.3 Å². The van der Waals surface area contributed by atoms with Crippen LogP contribution >= 0.6 is 11.6 Å². The predicted octanol–water partition coefficient (Wildman–Crippen LogP) is 4.43. The molecule has 0 unspecified atom stereocenters. The van der Waals surface area contributed by atoms with Crippen LogP contribution in [0.4, 0.5) is 16.0 Å². The summed E-state index contributed by atoms with van der Waals surface area (Å²) in [5, 5.41) is 12.2. The molecule has 1 aromatic carbocycles. The molecule has 8 heteroatoms. The number of imidazole rings is 1. The summed E-state index contributed by atoms with van der Waals surface area (Å²) in [7, 11) is 0. The zero-order valence-electron chi connectivity index (χ0n) is 13.2. The van der Waals surface area contributed by atoms with Crippen molar-refractivity contribution in [1.82, 2.24) is 19.9 Å². The number of rotatable bonds is 3. The van der Waals surface area contributed by atoms with Crippen molar-refractivity contribution in [1.29, 1.82) is 5.26 Å². The van der Waals surface area contributed by atoms with Gasteiger partial charge in [0, 0.05) is 12.4 Å². The first-order valence-electron chi connectivity index (χ1n) is 7.58. The molecular weight excluding hydrogens is 355 g/mol. The van der Waals surface area contributed by atoms with Crippen LogP contribution in [0, 0.1) is 17.1 Å². The number of fused-ring (bicyclic) bond motifs is 1. The summed E-state index contributed by atoms with van der Waals surface area (Å²) >= 11 is 6.12. The first kappa shape index (κ1) is 16.0. The van der Waals surface area contributed by atoms with Gasteiger partial charge in [0.1, 0.15) is 29.0 Å². The van der Waals surface area contributed by atoms with E-state index in [4.69, 9.17) is 16.9 Å². The highest BCUT2D eigenvalue weighted by atomic mass is 35.5. The van der Waals surface area contributed by atoms with Crippen LogP contribution in [-0.2, 0) is 0 Å². The van der Waals surface area contributed by atoms with Gasteiger partial charge in [0.25, 0.3) is 0 Å². The summed E-state index contributed by atoms with van der Waals surface area (Å²) in [5.41, 5.74) is 1.85. The molecule has 0 spiro atoms. The summed E-state index contributed by atoms with van der Waals surface area (Å²) in [6.07, 6.45) is 3.04. The second-order valence-corrected chi connectivity index (χ2v) is 5.81. The molecule has 3 heterocycles. The fraction of sp³-hybridized carbons (Fsp3) is 0. The zero-order chi connectivity index (χ0) is 18.1. The fourth-order valence-corrected chi connectivity index (χ4v) is 2.78. The van der Waals surface area contributed by atoms with Crippen LogP contribution < -0.4 is 5.32 Å². The Bertz CT molecular complexity index is 1130. The normalized spacial score (nSPS) is 10.7. The second kappa shape index (κ2) is 6.43. The number of aromatic nitrogens is 4. The topological polar surface area (TPSA) is 90.3 Å². The second-order valence-electron chi connectivity index (χ2n) is 5.40. The number of H-pyrrole nitrogens is 1. The number of nitriles is 1. The highest BCUT2D eigenvalue weighted by molar-refractivity contribution is 6.33. The van der Waals surface area contributed by atoms with Gasteiger partial charge in [0.05, 0.1) is 21.7 Å². The molecule has 26 heavy (non-hydrogen) atoms. The average Bonchev–Trinajstić information content (AvgIpc) is 3.07. The molecule has 126 valence electrons. The van der Waals surface area contributed by atoms with Gasteiger partial charge in [-0.3, -0.25) is 0 Å². The van der Waals surface area contributed by atoms with E-state index in [9.17, 15) is 4.39 Å². The summed E-state index contributed by atoms with van der Waals surface area (Å²) in [5.74, 6) is 0.842. The molecule has 3 aromatic heterocycles. The molecule has 0 aliphatic rings. The molecule has 4 rings (SSSR count). The van der Waals surface area contributed by atoms with Gasteiger partial charge in [-0.05, 0) is 30.3 Å². The van der Waals surface area contributed by atoms with Gasteiger partial charge in [-0.2, -0.15) is 5.26 Å². The molecule has 0 saturated heterocycles. The smallest absolute Gasteiger partial charge is 0.157 e. The third kappa shape index (κ3) is 2.83. The Hall–Kier alpha value is -3.50. The molecule has 0 radical (unpaired) electrons. The number of hydrogen-bond donors (Lipinski definition) is 2. The maximum absolute atomic E-state index is 14.2. The van der Waals surface area contributed by atoms with Crippen molar-refractivity contribution in [3.05, 3.63) is 65.2 Å². The Kier molecular flexibility index (Phi) is 3.95. The summed E-state index contributed by atoms with van der Waals surface area (Å²) in [6.45, 7) is 0. The number of anilines is 2. The molecule has 0 aliphatic heterocycles. The zero-order valence-corrected chi connectivity index (χ0v) is 13.9. The Morgan fingerprint density at radius 1 is 1.15 bits per heavy atom. The lowest BCUT2D eigenvalue weighted by molar-refractivity contribution is 0.630. The SMILES string of the molecule is N#Cc1ccc(Nc2nccc3nc(-c4c(F)cccc4Cl)[nH]c23)nc1. The number of nitrogens with zero attached hydrogens (tertiary/aromatic N) is 4. The lowest BCUT2D eigenvalue weighted by atomic mass is 10.2. The Labute approximate surface area is 152 Å². The third-order valence-corrected chi connectivity index (χ3v) is 4.06. The summed E-state index contributed by atoms with van der Waals surface area (Å²) in [4.78, 5) is 15.9. The average molecular weight is 365 g/mol. The monoisotopic (exact) mass is 364 g/mol. The Balaban J connectivity index is 1.77. The first-order valence-corrected chi connectivity index (χ1v) is 7.96. The predicted molar refractivity (Wildman–Crippen MR) is 96.5 cm³/mol.